The number of carbonyl (C=O) groups is 1. The normalized spacial score (nSPS) is 12.1. The van der Waals surface area contributed by atoms with Gasteiger partial charge < -0.3 is 10.0 Å². The van der Waals surface area contributed by atoms with E-state index in [4.69, 9.17) is 0 Å². The maximum atomic E-state index is 13.0. The first kappa shape index (κ1) is 17.8. The van der Waals surface area contributed by atoms with Crippen LogP contribution in [-0.4, -0.2) is 21.6 Å². The van der Waals surface area contributed by atoms with Gasteiger partial charge in [0.15, 0.2) is 0 Å². The maximum absolute atomic E-state index is 13.0. The van der Waals surface area contributed by atoms with E-state index in [0.717, 1.165) is 12.1 Å². The van der Waals surface area contributed by atoms with Gasteiger partial charge in [-0.3, -0.25) is 0 Å². The van der Waals surface area contributed by atoms with Crippen LogP contribution in [0.15, 0.2) is 42.6 Å². The summed E-state index contributed by atoms with van der Waals surface area (Å²) in [4.78, 5) is 17.1. The van der Waals surface area contributed by atoms with Crippen molar-refractivity contribution in [2.24, 2.45) is 0 Å². The van der Waals surface area contributed by atoms with Crippen LogP contribution in [0.4, 0.5) is 24.7 Å². The predicted octanol–water partition coefficient (Wildman–Crippen LogP) is 4.74. The van der Waals surface area contributed by atoms with Gasteiger partial charge in [-0.25, -0.2) is 9.78 Å². The second kappa shape index (κ2) is 6.14. The third-order valence-electron chi connectivity index (χ3n) is 3.33. The van der Waals surface area contributed by atoms with E-state index in [2.05, 4.69) is 4.98 Å². The summed E-state index contributed by atoms with van der Waals surface area (Å²) in [6, 6.07) is 7.60. The Kier molecular flexibility index (Phi) is 4.55. The van der Waals surface area contributed by atoms with E-state index >= 15 is 0 Å². The summed E-state index contributed by atoms with van der Waals surface area (Å²) in [5.41, 5.74) is -1.35. The van der Waals surface area contributed by atoms with Crippen molar-refractivity contribution < 1.29 is 23.1 Å². The molecule has 4 nitrogen and oxygen atoms in total. The summed E-state index contributed by atoms with van der Waals surface area (Å²) < 4.78 is 39.0. The van der Waals surface area contributed by atoms with Crippen molar-refractivity contribution in [3.8, 4) is 0 Å². The molecule has 0 atom stereocenters. The molecule has 24 heavy (non-hydrogen) atoms. The Morgan fingerprint density at radius 1 is 1.12 bits per heavy atom. The van der Waals surface area contributed by atoms with Gasteiger partial charge in [0.2, 0.25) is 0 Å². The van der Waals surface area contributed by atoms with Gasteiger partial charge >= 0.3 is 12.1 Å². The summed E-state index contributed by atoms with van der Waals surface area (Å²) in [7, 11) is 0. The highest BCUT2D eigenvalue weighted by Gasteiger charge is 2.33. The molecule has 0 bridgehead atoms. The molecule has 0 aliphatic rings. The highest BCUT2D eigenvalue weighted by Crippen LogP contribution is 2.37. The minimum atomic E-state index is -4.49. The first-order chi connectivity index (χ1) is 11.0. The van der Waals surface area contributed by atoms with Crippen molar-refractivity contribution >= 4 is 17.5 Å². The third-order valence-corrected chi connectivity index (χ3v) is 3.33. The van der Waals surface area contributed by atoms with Crippen LogP contribution in [0, 0.1) is 0 Å². The van der Waals surface area contributed by atoms with Gasteiger partial charge in [-0.2, -0.15) is 13.2 Å². The quantitative estimate of drug-likeness (QED) is 0.878. The molecule has 128 valence electrons. The Bertz CT molecular complexity index is 752. The standard InChI is InChI=1S/C17H17F3N2O2/c1-16(2,3)22(14-13(15(23)24)8-5-9-21-14)12-7-4-6-11(10-12)17(18,19)20/h4-10H,1-3H3,(H,23,24). The highest BCUT2D eigenvalue weighted by atomic mass is 19.4. The van der Waals surface area contributed by atoms with Gasteiger partial charge in [-0.1, -0.05) is 6.07 Å². The second-order valence-corrected chi connectivity index (χ2v) is 6.23. The number of aromatic carboxylic acids is 1. The monoisotopic (exact) mass is 338 g/mol. The first-order valence-electron chi connectivity index (χ1n) is 7.17. The van der Waals surface area contributed by atoms with Crippen molar-refractivity contribution in [1.29, 1.82) is 0 Å². The average Bonchev–Trinajstić information content (AvgIpc) is 2.46. The zero-order valence-corrected chi connectivity index (χ0v) is 13.4. The molecule has 2 aromatic rings. The molecule has 0 saturated heterocycles. The minimum absolute atomic E-state index is 0.0789. The fourth-order valence-electron chi connectivity index (χ4n) is 2.39. The molecule has 0 radical (unpaired) electrons. The number of nitrogens with zero attached hydrogens (tertiary/aromatic N) is 2. The SMILES string of the molecule is CC(C)(C)N(c1cccc(C(F)(F)F)c1)c1ncccc1C(=O)O. The number of hydrogen-bond acceptors (Lipinski definition) is 3. The van der Waals surface area contributed by atoms with Crippen molar-refractivity contribution in [2.75, 3.05) is 4.90 Å². The third kappa shape index (κ3) is 3.67. The molecule has 0 aliphatic carbocycles. The van der Waals surface area contributed by atoms with E-state index in [1.165, 1.54) is 35.4 Å². The van der Waals surface area contributed by atoms with E-state index in [9.17, 15) is 23.1 Å². The van der Waals surface area contributed by atoms with Crippen LogP contribution in [0.2, 0.25) is 0 Å². The van der Waals surface area contributed by atoms with Crippen molar-refractivity contribution in [2.45, 2.75) is 32.5 Å². The number of alkyl halides is 3. The van der Waals surface area contributed by atoms with Crippen LogP contribution in [0.25, 0.3) is 0 Å². The summed E-state index contributed by atoms with van der Waals surface area (Å²) in [5.74, 6) is -1.10. The second-order valence-electron chi connectivity index (χ2n) is 6.23. The summed E-state index contributed by atoms with van der Waals surface area (Å²) in [6.07, 6.45) is -3.08. The van der Waals surface area contributed by atoms with Crippen LogP contribution in [-0.2, 0) is 6.18 Å². The topological polar surface area (TPSA) is 53.4 Å². The predicted molar refractivity (Wildman–Crippen MR) is 84.5 cm³/mol. The van der Waals surface area contributed by atoms with Gasteiger partial charge in [-0.05, 0) is 51.1 Å². The van der Waals surface area contributed by atoms with Gasteiger partial charge in [0.05, 0.1) is 5.56 Å². The van der Waals surface area contributed by atoms with Crippen LogP contribution in [0.1, 0.15) is 36.7 Å². The molecule has 7 heteroatoms. The Morgan fingerprint density at radius 2 is 1.79 bits per heavy atom. The number of rotatable bonds is 3. The molecular weight excluding hydrogens is 321 g/mol. The van der Waals surface area contributed by atoms with Crippen LogP contribution in [0.3, 0.4) is 0 Å². The zero-order valence-electron chi connectivity index (χ0n) is 13.4. The number of halogens is 3. The summed E-state index contributed by atoms with van der Waals surface area (Å²) >= 11 is 0. The lowest BCUT2D eigenvalue weighted by Crippen LogP contribution is -2.39. The molecule has 0 saturated carbocycles. The fourth-order valence-corrected chi connectivity index (χ4v) is 2.39. The molecule has 1 aromatic carbocycles. The molecular formula is C17H17F3N2O2. The lowest BCUT2D eigenvalue weighted by atomic mass is 10.0. The zero-order chi connectivity index (χ0) is 18.1. The molecule has 1 aromatic heterocycles. The molecule has 1 N–H and O–H groups in total. The Hall–Kier alpha value is -2.57. The molecule has 0 fully saturated rings. The number of pyridine rings is 1. The molecule has 0 unspecified atom stereocenters. The van der Waals surface area contributed by atoms with E-state index in [-0.39, 0.29) is 17.1 Å². The van der Waals surface area contributed by atoms with Gasteiger partial charge in [-0.15, -0.1) is 0 Å². The van der Waals surface area contributed by atoms with E-state index in [1.54, 1.807) is 20.8 Å². The molecule has 0 aliphatic heterocycles. The Balaban J connectivity index is 2.67. The lowest BCUT2D eigenvalue weighted by molar-refractivity contribution is -0.137. The molecule has 0 amide bonds. The largest absolute Gasteiger partial charge is 0.478 e. The van der Waals surface area contributed by atoms with E-state index in [0.29, 0.717) is 0 Å². The smallest absolute Gasteiger partial charge is 0.416 e. The van der Waals surface area contributed by atoms with Gasteiger partial charge in [0, 0.05) is 17.4 Å². The first-order valence-corrected chi connectivity index (χ1v) is 7.17. The number of carboxylic acids is 1. The highest BCUT2D eigenvalue weighted by molar-refractivity contribution is 5.94. The van der Waals surface area contributed by atoms with Gasteiger partial charge in [0.1, 0.15) is 11.4 Å². The van der Waals surface area contributed by atoms with Crippen LogP contribution >= 0.6 is 0 Å². The molecule has 0 spiro atoms. The Morgan fingerprint density at radius 3 is 2.33 bits per heavy atom. The fraction of sp³-hybridized carbons (Fsp3) is 0.294. The average molecular weight is 338 g/mol. The molecule has 2 rings (SSSR count). The number of hydrogen-bond donors (Lipinski definition) is 1. The van der Waals surface area contributed by atoms with Gasteiger partial charge in [0.25, 0.3) is 0 Å². The molecule has 1 heterocycles. The van der Waals surface area contributed by atoms with Crippen molar-refractivity contribution in [1.82, 2.24) is 4.98 Å². The minimum Gasteiger partial charge on any atom is -0.478 e. The Labute approximate surface area is 137 Å². The lowest BCUT2D eigenvalue weighted by Gasteiger charge is -2.37. The van der Waals surface area contributed by atoms with Crippen molar-refractivity contribution in [3.05, 3.63) is 53.7 Å². The van der Waals surface area contributed by atoms with Crippen LogP contribution in [0.5, 0.6) is 0 Å². The van der Waals surface area contributed by atoms with Crippen molar-refractivity contribution in [3.63, 3.8) is 0 Å². The number of benzene rings is 1. The summed E-state index contributed by atoms with van der Waals surface area (Å²) in [5, 5.41) is 9.36. The van der Waals surface area contributed by atoms with Crippen LogP contribution < -0.4 is 4.90 Å². The van der Waals surface area contributed by atoms with E-state index < -0.39 is 23.2 Å². The number of anilines is 2. The number of carboxylic acid groups (broad SMARTS) is 1. The summed E-state index contributed by atoms with van der Waals surface area (Å²) in [6.45, 7) is 5.31. The maximum Gasteiger partial charge on any atom is 0.416 e. The number of aromatic nitrogens is 1. The van der Waals surface area contributed by atoms with E-state index in [1.807, 2.05) is 0 Å².